The molecule has 2 fully saturated rings. The van der Waals surface area contributed by atoms with Gasteiger partial charge in [0.2, 0.25) is 0 Å². The number of hydrogen-bond acceptors (Lipinski definition) is 13. The number of hydroxylamine groups is 2. The minimum atomic E-state index is -2.78. The molecule has 20 heteroatoms. The molecule has 422 valence electrons. The van der Waals surface area contributed by atoms with Crippen LogP contribution >= 0.6 is 0 Å². The van der Waals surface area contributed by atoms with Gasteiger partial charge in [-0.05, 0) is 43.4 Å². The molecule has 1 saturated carbocycles. The number of benzene rings is 1. The van der Waals surface area contributed by atoms with Crippen LogP contribution in [0.25, 0.3) is 0 Å². The zero-order valence-electron chi connectivity index (χ0n) is 44.8. The van der Waals surface area contributed by atoms with E-state index in [1.807, 2.05) is 12.1 Å². The fourth-order valence-electron chi connectivity index (χ4n) is 10.9. The van der Waals surface area contributed by atoms with Crippen molar-refractivity contribution in [2.75, 3.05) is 6.54 Å². The van der Waals surface area contributed by atoms with Crippen LogP contribution in [-0.4, -0.2) is 121 Å². The molecule has 1 aromatic rings. The molecular formula is C56H82N2O17Sn. The molecule has 3 amide bonds. The standard InChI is InChI=1S/C44H55N2O17.3C4H9.Sn/c47-33(18-27(23-40(55)56)19-35(49)25-32(43(60)61)8-4-5-15-45-42(59)30-6-2-1-3-7-30)16-26(22-39(53)54)17-34(48)20-28(24-41(57)58)21-36(50)29-9-11-31(12-10-29)44(62)63-46-37(51)13-14-38(46)52;3*1-3-4-2;/h1-2,6-7,26-29,31-32H,4-5,8-25H2,(H,45,59)(H,53,54)(H,55,56)(H,57,58)(H,60,61);3*1,3-4H2,2H3;/t26-,27+,28-,29?,31?,32-;;;;/m0..../s1. The van der Waals surface area contributed by atoms with Gasteiger partial charge in [0.1, 0.15) is 17.3 Å². The molecule has 0 bridgehead atoms. The van der Waals surface area contributed by atoms with Crippen LogP contribution in [0, 0.1) is 35.5 Å². The third-order valence-corrected chi connectivity index (χ3v) is 30.6. The normalized spacial score (nSPS) is 17.3. The van der Waals surface area contributed by atoms with Crippen molar-refractivity contribution in [1.29, 1.82) is 0 Å². The molecule has 0 unspecified atom stereocenters. The van der Waals surface area contributed by atoms with Gasteiger partial charge in [-0.3, -0.25) is 43.2 Å². The summed E-state index contributed by atoms with van der Waals surface area (Å²) in [6.07, 6.45) is 3.94. The van der Waals surface area contributed by atoms with Crippen LogP contribution in [0.2, 0.25) is 13.3 Å². The zero-order chi connectivity index (χ0) is 56.4. The van der Waals surface area contributed by atoms with Crippen LogP contribution in [0.5, 0.6) is 0 Å². The molecule has 2 aliphatic rings. The molecule has 4 atom stereocenters. The summed E-state index contributed by atoms with van der Waals surface area (Å²) in [6, 6.07) is 8.13. The second-order valence-electron chi connectivity index (χ2n) is 21.4. The van der Waals surface area contributed by atoms with Crippen molar-refractivity contribution >= 4 is 92.7 Å². The molecule has 3 rings (SSSR count). The van der Waals surface area contributed by atoms with Crippen molar-refractivity contribution in [3.8, 4) is 0 Å². The number of nitrogens with one attached hydrogen (secondary N) is 1. The number of amides is 3. The monoisotopic (exact) mass is 1170 g/mol. The van der Waals surface area contributed by atoms with Crippen LogP contribution in [0.15, 0.2) is 24.3 Å². The second-order valence-corrected chi connectivity index (χ2v) is 34.6. The van der Waals surface area contributed by atoms with Crippen molar-refractivity contribution in [3.05, 3.63) is 29.8 Å². The summed E-state index contributed by atoms with van der Waals surface area (Å²) in [5.41, 5.74) is 0.612. The number of Topliss-reactive ketones (excluding diaryl/α,β-unsaturated/α-hetero) is 4. The average Bonchev–Trinajstić information content (AvgIpc) is 3.67. The van der Waals surface area contributed by atoms with E-state index in [-0.39, 0.29) is 63.1 Å². The van der Waals surface area contributed by atoms with Crippen molar-refractivity contribution in [2.45, 2.75) is 195 Å². The third-order valence-electron chi connectivity index (χ3n) is 15.0. The number of hydrogen-bond donors (Lipinski definition) is 5. The van der Waals surface area contributed by atoms with E-state index in [9.17, 15) is 78.0 Å². The molecule has 1 aliphatic carbocycles. The fraction of sp³-hybridized carbons (Fsp3) is 0.679. The van der Waals surface area contributed by atoms with Gasteiger partial charge in [-0.1, -0.05) is 0 Å². The first kappa shape index (κ1) is 64.9. The predicted octanol–water partition coefficient (Wildman–Crippen LogP) is 8.04. The number of aliphatic carboxylic acids is 4. The predicted molar refractivity (Wildman–Crippen MR) is 280 cm³/mol. The Hall–Kier alpha value is -5.34. The summed E-state index contributed by atoms with van der Waals surface area (Å²) >= 11 is -2.78. The second kappa shape index (κ2) is 33.7. The fourth-order valence-corrected chi connectivity index (χ4v) is 27.0. The topological polar surface area (TPSA) is 310 Å². The summed E-state index contributed by atoms with van der Waals surface area (Å²) in [5.74, 6) is -14.9. The van der Waals surface area contributed by atoms with Gasteiger partial charge in [0, 0.05) is 76.5 Å². The maximum atomic E-state index is 13.4. The average molecular weight is 1170 g/mol. The van der Waals surface area contributed by atoms with Crippen LogP contribution in [0.1, 0.15) is 192 Å². The van der Waals surface area contributed by atoms with E-state index in [2.05, 4.69) is 38.2 Å². The van der Waals surface area contributed by atoms with Crippen molar-refractivity contribution < 1.29 is 82.8 Å². The number of ketones is 4. The molecule has 1 saturated heterocycles. The van der Waals surface area contributed by atoms with Gasteiger partial charge >= 0.3 is 224 Å². The van der Waals surface area contributed by atoms with Crippen LogP contribution in [0.3, 0.4) is 0 Å². The number of nitrogens with zero attached hydrogens (tertiary/aromatic N) is 1. The molecule has 76 heavy (non-hydrogen) atoms. The number of carbonyl (C=O) groups excluding carboxylic acids is 8. The van der Waals surface area contributed by atoms with E-state index in [0.717, 1.165) is 19.3 Å². The van der Waals surface area contributed by atoms with Crippen molar-refractivity contribution in [3.63, 3.8) is 0 Å². The first-order valence-corrected chi connectivity index (χ1v) is 35.0. The third kappa shape index (κ3) is 23.1. The number of carbonyl (C=O) groups is 12. The van der Waals surface area contributed by atoms with Gasteiger partial charge in [0.25, 0.3) is 11.8 Å². The minimum absolute atomic E-state index is 0.0620. The Kier molecular flexibility index (Phi) is 28.8. The number of carboxylic acids is 4. The molecule has 1 aliphatic heterocycles. The van der Waals surface area contributed by atoms with Crippen LogP contribution < -0.4 is 8.90 Å². The van der Waals surface area contributed by atoms with E-state index in [0.29, 0.717) is 30.0 Å². The van der Waals surface area contributed by atoms with Gasteiger partial charge in [0.05, 0.1) is 5.92 Å². The Labute approximate surface area is 450 Å². The first-order chi connectivity index (χ1) is 36.1. The number of carboxylic acid groups (broad SMARTS) is 4. The van der Waals surface area contributed by atoms with E-state index in [1.54, 1.807) is 0 Å². The summed E-state index contributed by atoms with van der Waals surface area (Å²) < 4.78 is 5.19. The summed E-state index contributed by atoms with van der Waals surface area (Å²) in [5, 5.41) is 42.3. The summed E-state index contributed by atoms with van der Waals surface area (Å²) in [4.78, 5) is 156. The molecule has 1 aromatic carbocycles. The quantitative estimate of drug-likeness (QED) is 0.0236. The van der Waals surface area contributed by atoms with Gasteiger partial charge in [-0.15, -0.1) is 5.06 Å². The van der Waals surface area contributed by atoms with Gasteiger partial charge < -0.3 is 20.2 Å². The van der Waals surface area contributed by atoms with E-state index >= 15 is 0 Å². The van der Waals surface area contributed by atoms with Gasteiger partial charge in [-0.25, -0.2) is 4.79 Å². The number of rotatable bonds is 40. The number of unbranched alkanes of at least 4 members (excludes halogenated alkanes) is 4. The summed E-state index contributed by atoms with van der Waals surface area (Å²) in [7, 11) is 0. The van der Waals surface area contributed by atoms with E-state index in [1.165, 1.54) is 36.2 Å². The van der Waals surface area contributed by atoms with Crippen molar-refractivity contribution in [2.24, 2.45) is 35.5 Å². The molecule has 19 nitrogen and oxygen atoms in total. The summed E-state index contributed by atoms with van der Waals surface area (Å²) in [6.45, 7) is 6.95. The van der Waals surface area contributed by atoms with Crippen LogP contribution in [-0.2, 0) is 57.6 Å². The van der Waals surface area contributed by atoms with Gasteiger partial charge in [0.15, 0.2) is 0 Å². The molecule has 1 heterocycles. The Morgan fingerprint density at radius 2 is 1.04 bits per heavy atom. The van der Waals surface area contributed by atoms with E-state index in [4.69, 9.17) is 4.84 Å². The molecule has 0 spiro atoms. The molecule has 0 radical (unpaired) electrons. The molecule has 5 N–H and O–H groups in total. The maximum absolute atomic E-state index is 13.4. The number of imide groups is 1. The Bertz CT molecular complexity index is 2170. The van der Waals surface area contributed by atoms with Crippen molar-refractivity contribution in [1.82, 2.24) is 10.4 Å². The van der Waals surface area contributed by atoms with Crippen LogP contribution in [0.4, 0.5) is 0 Å². The molecule has 0 aromatic heterocycles. The Balaban J connectivity index is 1.53. The molecular weight excluding hydrogens is 1090 g/mol. The SMILES string of the molecule is CCC[CH2][Sn]([CH2]CCC)([CH2]CCC)[c]1cccc(C(=O)NCCCC[C@@H](CC(=O)C[C@H](CC(=O)O)CC(=O)C[C@H](CC(=O)O)CC(=O)C[C@H](CC(=O)O)CC(=O)C2CCC(C(=O)ON3C(=O)CCC3=O)CC2)C(=O)O)c1. The van der Waals surface area contributed by atoms with Gasteiger partial charge in [-0.2, -0.15) is 0 Å². The zero-order valence-corrected chi connectivity index (χ0v) is 47.7. The Morgan fingerprint density at radius 1 is 0.592 bits per heavy atom. The Morgan fingerprint density at radius 3 is 1.49 bits per heavy atom. The van der Waals surface area contributed by atoms with E-state index < -0.39 is 171 Å². The first-order valence-electron chi connectivity index (χ1n) is 27.5.